The number of alkyl halides is 2. The van der Waals surface area contributed by atoms with Crippen LogP contribution in [-0.2, 0) is 6.54 Å². The smallest absolute Gasteiger partial charge is 0.265 e. The van der Waals surface area contributed by atoms with Crippen LogP contribution in [0.15, 0.2) is 30.3 Å². The van der Waals surface area contributed by atoms with E-state index in [-0.39, 0.29) is 0 Å². The molecule has 1 saturated heterocycles. The van der Waals surface area contributed by atoms with E-state index >= 15 is 0 Å². The first-order chi connectivity index (χ1) is 9.14. The number of aliphatic hydroxyl groups is 1. The summed E-state index contributed by atoms with van der Waals surface area (Å²) in [6.45, 7) is 1.66. The van der Waals surface area contributed by atoms with E-state index in [1.54, 1.807) is 0 Å². The van der Waals surface area contributed by atoms with Gasteiger partial charge >= 0.3 is 0 Å². The van der Waals surface area contributed by atoms with E-state index in [0.29, 0.717) is 19.5 Å². The van der Waals surface area contributed by atoms with E-state index in [1.807, 2.05) is 30.3 Å². The van der Waals surface area contributed by atoms with Gasteiger partial charge in [0.25, 0.3) is 6.43 Å². The highest BCUT2D eigenvalue weighted by atomic mass is 19.3. The molecular formula is C14H20F2N2O. The average molecular weight is 270 g/mol. The topological polar surface area (TPSA) is 44.3 Å². The zero-order chi connectivity index (χ0) is 13.7. The minimum Gasteiger partial charge on any atom is -0.385 e. The predicted molar refractivity (Wildman–Crippen MR) is 70.1 cm³/mol. The van der Waals surface area contributed by atoms with Gasteiger partial charge in [-0.2, -0.15) is 0 Å². The van der Waals surface area contributed by atoms with Gasteiger partial charge in [-0.3, -0.25) is 0 Å². The molecule has 5 heteroatoms. The molecule has 0 saturated carbocycles. The molecule has 1 aromatic rings. The van der Waals surface area contributed by atoms with Gasteiger partial charge in [0.05, 0.1) is 5.54 Å². The maximum atomic E-state index is 12.9. The lowest BCUT2D eigenvalue weighted by Crippen LogP contribution is -2.64. The van der Waals surface area contributed by atoms with Crippen molar-refractivity contribution in [1.82, 2.24) is 10.6 Å². The number of aliphatic hydroxyl groups excluding tert-OH is 1. The Labute approximate surface area is 112 Å². The van der Waals surface area contributed by atoms with Crippen molar-refractivity contribution in [2.75, 3.05) is 13.1 Å². The summed E-state index contributed by atoms with van der Waals surface area (Å²) in [4.78, 5) is 0. The molecule has 0 radical (unpaired) electrons. The summed E-state index contributed by atoms with van der Waals surface area (Å²) in [5.74, 6) is 0. The Hall–Kier alpha value is -1.04. The number of nitrogens with one attached hydrogen (secondary N) is 2. The Bertz CT molecular complexity index is 380. The summed E-state index contributed by atoms with van der Waals surface area (Å²) in [7, 11) is 0. The van der Waals surface area contributed by atoms with Crippen LogP contribution >= 0.6 is 0 Å². The van der Waals surface area contributed by atoms with E-state index in [2.05, 4.69) is 10.6 Å². The molecule has 2 unspecified atom stereocenters. The maximum Gasteiger partial charge on any atom is 0.265 e. The first kappa shape index (κ1) is 14.4. The molecular weight excluding hydrogens is 250 g/mol. The summed E-state index contributed by atoms with van der Waals surface area (Å²) in [5.41, 5.74) is 0.0799. The molecule has 1 aromatic carbocycles. The Kier molecular flexibility index (Phi) is 4.85. The Morgan fingerprint density at radius 3 is 2.63 bits per heavy atom. The lowest BCUT2D eigenvalue weighted by molar-refractivity contribution is -0.0685. The molecule has 2 atom stereocenters. The second-order valence-electron chi connectivity index (χ2n) is 5.05. The van der Waals surface area contributed by atoms with E-state index < -0.39 is 18.1 Å². The minimum atomic E-state index is -2.73. The lowest BCUT2D eigenvalue weighted by Gasteiger charge is -2.42. The monoisotopic (exact) mass is 270 g/mol. The van der Waals surface area contributed by atoms with Gasteiger partial charge in [-0.25, -0.2) is 8.78 Å². The molecule has 0 amide bonds. The van der Waals surface area contributed by atoms with E-state index in [4.69, 9.17) is 0 Å². The van der Waals surface area contributed by atoms with Gasteiger partial charge < -0.3 is 15.7 Å². The zero-order valence-corrected chi connectivity index (χ0v) is 10.8. The molecule has 1 aliphatic rings. The summed E-state index contributed by atoms with van der Waals surface area (Å²) in [6.07, 6.45) is -3.05. The van der Waals surface area contributed by atoms with Crippen LogP contribution in [0.1, 0.15) is 18.4 Å². The summed E-state index contributed by atoms with van der Waals surface area (Å²) in [6, 6.07) is 9.60. The van der Waals surface area contributed by atoms with Gasteiger partial charge in [-0.1, -0.05) is 30.3 Å². The quantitative estimate of drug-likeness (QED) is 0.760. The van der Waals surface area contributed by atoms with Crippen molar-refractivity contribution in [3.8, 4) is 0 Å². The van der Waals surface area contributed by atoms with Crippen LogP contribution < -0.4 is 10.6 Å². The van der Waals surface area contributed by atoms with Crippen molar-refractivity contribution in [1.29, 1.82) is 0 Å². The van der Waals surface area contributed by atoms with Crippen LogP contribution in [-0.4, -0.2) is 36.3 Å². The van der Waals surface area contributed by atoms with Crippen LogP contribution in [0.25, 0.3) is 0 Å². The van der Waals surface area contributed by atoms with Crippen molar-refractivity contribution < 1.29 is 13.9 Å². The van der Waals surface area contributed by atoms with Gasteiger partial charge in [-0.05, 0) is 24.9 Å². The first-order valence-electron chi connectivity index (χ1n) is 6.60. The summed E-state index contributed by atoms with van der Waals surface area (Å²) in [5, 5.41) is 16.1. The van der Waals surface area contributed by atoms with E-state index in [0.717, 1.165) is 18.5 Å². The third kappa shape index (κ3) is 3.49. The van der Waals surface area contributed by atoms with Crippen LogP contribution in [0.2, 0.25) is 0 Å². The molecule has 0 spiro atoms. The summed E-state index contributed by atoms with van der Waals surface area (Å²) >= 11 is 0. The highest BCUT2D eigenvalue weighted by Crippen LogP contribution is 2.25. The fourth-order valence-electron chi connectivity index (χ4n) is 2.55. The van der Waals surface area contributed by atoms with Gasteiger partial charge in [0.1, 0.15) is 6.10 Å². The summed E-state index contributed by atoms with van der Waals surface area (Å²) < 4.78 is 25.7. The van der Waals surface area contributed by atoms with Gasteiger partial charge in [-0.15, -0.1) is 0 Å². The fraction of sp³-hybridized carbons (Fsp3) is 0.571. The minimum absolute atomic E-state index is 0.366. The number of piperidine rings is 1. The molecule has 0 aromatic heterocycles. The molecule has 2 rings (SSSR count). The van der Waals surface area contributed by atoms with Gasteiger partial charge in [0.2, 0.25) is 0 Å². The second-order valence-corrected chi connectivity index (χ2v) is 5.05. The Morgan fingerprint density at radius 2 is 2.05 bits per heavy atom. The zero-order valence-electron chi connectivity index (χ0n) is 10.8. The molecule has 1 aliphatic heterocycles. The van der Waals surface area contributed by atoms with Crippen LogP contribution in [0.4, 0.5) is 8.78 Å². The SMILES string of the molecule is OC(C(F)F)C1(NCc2ccccc2)CCCNC1. The van der Waals surface area contributed by atoms with Crippen LogP contribution in [0.3, 0.4) is 0 Å². The van der Waals surface area contributed by atoms with Crippen LogP contribution in [0.5, 0.6) is 0 Å². The molecule has 19 heavy (non-hydrogen) atoms. The fourth-order valence-corrected chi connectivity index (χ4v) is 2.55. The second kappa shape index (κ2) is 6.41. The predicted octanol–water partition coefficient (Wildman–Crippen LogP) is 1.52. The third-order valence-corrected chi connectivity index (χ3v) is 3.71. The standard InChI is InChI=1S/C14H20F2N2O/c15-13(16)12(19)14(7-4-8-17-10-14)18-9-11-5-2-1-3-6-11/h1-3,5-6,12-13,17-19H,4,7-10H2. The molecule has 3 nitrogen and oxygen atoms in total. The third-order valence-electron chi connectivity index (χ3n) is 3.71. The number of halogens is 2. The molecule has 1 fully saturated rings. The Morgan fingerprint density at radius 1 is 1.32 bits per heavy atom. The molecule has 106 valence electrons. The normalized spacial score (nSPS) is 25.5. The van der Waals surface area contributed by atoms with E-state index in [1.165, 1.54) is 0 Å². The van der Waals surface area contributed by atoms with Crippen molar-refractivity contribution in [2.24, 2.45) is 0 Å². The molecule has 1 heterocycles. The van der Waals surface area contributed by atoms with Crippen molar-refractivity contribution in [2.45, 2.75) is 37.5 Å². The molecule has 0 aliphatic carbocycles. The van der Waals surface area contributed by atoms with Gasteiger partial charge in [0.15, 0.2) is 0 Å². The largest absolute Gasteiger partial charge is 0.385 e. The van der Waals surface area contributed by atoms with Crippen LogP contribution in [0, 0.1) is 0 Å². The highest BCUT2D eigenvalue weighted by molar-refractivity contribution is 5.15. The lowest BCUT2D eigenvalue weighted by atomic mass is 9.84. The number of hydrogen-bond acceptors (Lipinski definition) is 3. The van der Waals surface area contributed by atoms with E-state index in [9.17, 15) is 13.9 Å². The van der Waals surface area contributed by atoms with Crippen molar-refractivity contribution in [3.63, 3.8) is 0 Å². The van der Waals surface area contributed by atoms with Gasteiger partial charge in [0, 0.05) is 13.1 Å². The van der Waals surface area contributed by atoms with Crippen molar-refractivity contribution in [3.05, 3.63) is 35.9 Å². The highest BCUT2D eigenvalue weighted by Gasteiger charge is 2.43. The Balaban J connectivity index is 2.05. The van der Waals surface area contributed by atoms with Crippen molar-refractivity contribution >= 4 is 0 Å². The first-order valence-corrected chi connectivity index (χ1v) is 6.60. The number of rotatable bonds is 5. The number of hydrogen-bond donors (Lipinski definition) is 3. The average Bonchev–Trinajstić information content (AvgIpc) is 2.46. The molecule has 0 bridgehead atoms. The maximum absolute atomic E-state index is 12.9. The number of benzene rings is 1. The molecule has 3 N–H and O–H groups in total.